The number of benzene rings is 3. The number of anilines is 2. The average Bonchev–Trinajstić information content (AvgIpc) is 3.33. The zero-order valence-corrected chi connectivity index (χ0v) is 23.7. The SMILES string of the molecule is CC(C)(C)C[C@@H]1N[C@@H](C(=O)Nc2ccc(C(N)=O)cc2)[C@H](c2cccc(Cl)c2)[C@]12C(=O)Nc1cc(Cl)cc(F)c12. The Bertz CT molecular complexity index is 1520. The maximum absolute atomic E-state index is 15.9. The van der Waals surface area contributed by atoms with Crippen molar-refractivity contribution >= 4 is 52.3 Å². The molecule has 0 aromatic heterocycles. The highest BCUT2D eigenvalue weighted by Gasteiger charge is 2.66. The third-order valence-electron chi connectivity index (χ3n) is 7.59. The van der Waals surface area contributed by atoms with E-state index in [9.17, 15) is 14.4 Å². The second-order valence-electron chi connectivity index (χ2n) is 11.6. The van der Waals surface area contributed by atoms with E-state index in [0.717, 1.165) is 0 Å². The smallest absolute Gasteiger partial charge is 0.248 e. The van der Waals surface area contributed by atoms with Crippen LogP contribution < -0.4 is 21.7 Å². The van der Waals surface area contributed by atoms with Gasteiger partial charge in [-0.05, 0) is 65.9 Å². The van der Waals surface area contributed by atoms with Crippen LogP contribution in [0.1, 0.15) is 54.6 Å². The molecule has 10 heteroatoms. The monoisotopic (exact) mass is 582 g/mol. The van der Waals surface area contributed by atoms with Crippen molar-refractivity contribution in [1.82, 2.24) is 5.32 Å². The second-order valence-corrected chi connectivity index (χ2v) is 12.4. The van der Waals surface area contributed by atoms with Gasteiger partial charge in [0.2, 0.25) is 17.7 Å². The van der Waals surface area contributed by atoms with Gasteiger partial charge in [0.15, 0.2) is 0 Å². The maximum Gasteiger partial charge on any atom is 0.248 e. The van der Waals surface area contributed by atoms with E-state index < -0.39 is 47.0 Å². The Morgan fingerprint density at radius 2 is 1.75 bits per heavy atom. The largest absolute Gasteiger partial charge is 0.366 e. The molecule has 208 valence electrons. The Hall–Kier alpha value is -3.46. The third kappa shape index (κ3) is 4.85. The fourth-order valence-electron chi connectivity index (χ4n) is 6.14. The molecule has 5 rings (SSSR count). The Balaban J connectivity index is 1.69. The van der Waals surface area contributed by atoms with Crippen molar-refractivity contribution in [3.05, 3.63) is 93.2 Å². The summed E-state index contributed by atoms with van der Waals surface area (Å²) in [6.45, 7) is 6.07. The maximum atomic E-state index is 15.9. The van der Waals surface area contributed by atoms with Gasteiger partial charge in [-0.2, -0.15) is 0 Å². The molecule has 4 atom stereocenters. The number of carbonyl (C=O) groups is 3. The summed E-state index contributed by atoms with van der Waals surface area (Å²) in [5.74, 6) is -2.90. The van der Waals surface area contributed by atoms with Gasteiger partial charge >= 0.3 is 0 Å². The predicted molar refractivity (Wildman–Crippen MR) is 154 cm³/mol. The molecule has 0 aliphatic carbocycles. The number of nitrogens with one attached hydrogen (secondary N) is 3. The van der Waals surface area contributed by atoms with Crippen molar-refractivity contribution in [2.75, 3.05) is 10.6 Å². The molecule has 1 fully saturated rings. The second kappa shape index (κ2) is 10.2. The van der Waals surface area contributed by atoms with Crippen LogP contribution in [-0.4, -0.2) is 29.8 Å². The predicted octanol–water partition coefficient (Wildman–Crippen LogP) is 5.62. The number of amides is 3. The molecule has 40 heavy (non-hydrogen) atoms. The standard InChI is InChI=1S/C30H29Cl2FN4O3/c1-29(2,3)14-22-30(24-20(33)12-18(32)13-21(24)36-28(30)40)23(16-5-4-6-17(31)11-16)25(37-22)27(39)35-19-9-7-15(8-10-19)26(34)38/h4-13,22-23,25,37H,14H2,1-3H3,(H2,34,38)(H,35,39)(H,36,40)/t22-,23-,25+,30+/m0/s1. The Kier molecular flexibility index (Phi) is 7.15. The van der Waals surface area contributed by atoms with Gasteiger partial charge in [0, 0.05) is 44.5 Å². The van der Waals surface area contributed by atoms with Crippen LogP contribution in [0.5, 0.6) is 0 Å². The van der Waals surface area contributed by atoms with E-state index in [-0.39, 0.29) is 21.7 Å². The first-order valence-electron chi connectivity index (χ1n) is 12.8. The fraction of sp³-hybridized carbons (Fsp3) is 0.300. The number of rotatable bonds is 5. The quantitative estimate of drug-likeness (QED) is 0.312. The van der Waals surface area contributed by atoms with Crippen molar-refractivity contribution in [1.29, 1.82) is 0 Å². The summed E-state index contributed by atoms with van der Waals surface area (Å²) in [6.07, 6.45) is 0.454. The minimum absolute atomic E-state index is 0.153. The van der Waals surface area contributed by atoms with Crippen LogP contribution in [0.2, 0.25) is 10.0 Å². The zero-order valence-electron chi connectivity index (χ0n) is 22.1. The average molecular weight is 583 g/mol. The molecule has 5 N–H and O–H groups in total. The molecule has 7 nitrogen and oxygen atoms in total. The highest BCUT2D eigenvalue weighted by atomic mass is 35.5. The van der Waals surface area contributed by atoms with Crippen LogP contribution in [0.15, 0.2) is 60.7 Å². The van der Waals surface area contributed by atoms with Gasteiger partial charge in [0.25, 0.3) is 0 Å². The highest BCUT2D eigenvalue weighted by Crippen LogP contribution is 2.57. The lowest BCUT2D eigenvalue weighted by Crippen LogP contribution is -2.50. The molecule has 1 spiro atoms. The first-order valence-corrected chi connectivity index (χ1v) is 13.6. The van der Waals surface area contributed by atoms with Gasteiger partial charge in [-0.3, -0.25) is 14.4 Å². The van der Waals surface area contributed by atoms with Gasteiger partial charge in [0.1, 0.15) is 11.2 Å². The van der Waals surface area contributed by atoms with Gasteiger partial charge in [-0.15, -0.1) is 0 Å². The first kappa shape index (κ1) is 28.1. The molecule has 3 aromatic rings. The van der Waals surface area contributed by atoms with Crippen LogP contribution in [0.25, 0.3) is 0 Å². The van der Waals surface area contributed by atoms with E-state index in [1.807, 2.05) is 20.8 Å². The van der Waals surface area contributed by atoms with E-state index in [2.05, 4.69) is 16.0 Å². The van der Waals surface area contributed by atoms with Crippen LogP contribution >= 0.6 is 23.2 Å². The first-order chi connectivity index (χ1) is 18.8. The minimum Gasteiger partial charge on any atom is -0.366 e. The summed E-state index contributed by atoms with van der Waals surface area (Å²) in [5, 5.41) is 9.73. The lowest BCUT2D eigenvalue weighted by molar-refractivity contribution is -0.122. The number of carbonyl (C=O) groups excluding carboxylic acids is 3. The minimum atomic E-state index is -1.49. The number of hydrogen-bond acceptors (Lipinski definition) is 4. The molecule has 1 saturated heterocycles. The van der Waals surface area contributed by atoms with Crippen molar-refractivity contribution in [3.8, 4) is 0 Å². The number of primary amides is 1. The van der Waals surface area contributed by atoms with Crippen LogP contribution in [-0.2, 0) is 15.0 Å². The van der Waals surface area contributed by atoms with Crippen LogP contribution in [0.3, 0.4) is 0 Å². The molecule has 2 aliphatic rings. The molecular formula is C30H29Cl2FN4O3. The summed E-state index contributed by atoms with van der Waals surface area (Å²) in [6, 6.07) is 14.3. The van der Waals surface area contributed by atoms with Crippen molar-refractivity contribution < 1.29 is 18.8 Å². The molecule has 0 unspecified atom stereocenters. The Morgan fingerprint density at radius 1 is 1.05 bits per heavy atom. The topological polar surface area (TPSA) is 113 Å². The van der Waals surface area contributed by atoms with E-state index in [1.54, 1.807) is 36.4 Å². The number of nitrogens with two attached hydrogens (primary N) is 1. The summed E-state index contributed by atoms with van der Waals surface area (Å²) in [4.78, 5) is 39.6. The third-order valence-corrected chi connectivity index (χ3v) is 8.04. The highest BCUT2D eigenvalue weighted by molar-refractivity contribution is 6.31. The van der Waals surface area contributed by atoms with Crippen LogP contribution in [0, 0.1) is 11.2 Å². The fourth-order valence-corrected chi connectivity index (χ4v) is 6.54. The Labute approximate surface area is 241 Å². The van der Waals surface area contributed by atoms with E-state index in [0.29, 0.717) is 28.3 Å². The molecule has 3 aromatic carbocycles. The van der Waals surface area contributed by atoms with Gasteiger partial charge in [-0.25, -0.2) is 4.39 Å². The number of hydrogen-bond donors (Lipinski definition) is 4. The molecule has 2 aliphatic heterocycles. The Morgan fingerprint density at radius 3 is 2.38 bits per heavy atom. The summed E-state index contributed by atoms with van der Waals surface area (Å²) >= 11 is 12.6. The van der Waals surface area contributed by atoms with Gasteiger partial charge < -0.3 is 21.7 Å². The lowest BCUT2D eigenvalue weighted by atomic mass is 9.62. The molecule has 0 radical (unpaired) electrons. The van der Waals surface area contributed by atoms with E-state index in [4.69, 9.17) is 28.9 Å². The van der Waals surface area contributed by atoms with Crippen molar-refractivity contribution in [2.45, 2.75) is 50.6 Å². The molecule has 2 heterocycles. The van der Waals surface area contributed by atoms with Crippen molar-refractivity contribution in [3.63, 3.8) is 0 Å². The molecule has 0 saturated carbocycles. The molecule has 3 amide bonds. The number of halogens is 3. The number of fused-ring (bicyclic) bond motifs is 2. The summed E-state index contributed by atoms with van der Waals surface area (Å²) in [7, 11) is 0. The van der Waals surface area contributed by atoms with E-state index >= 15 is 4.39 Å². The zero-order chi connectivity index (χ0) is 29.0. The van der Waals surface area contributed by atoms with Gasteiger partial charge in [-0.1, -0.05) is 56.1 Å². The van der Waals surface area contributed by atoms with Gasteiger partial charge in [0.05, 0.1) is 6.04 Å². The molecule has 0 bridgehead atoms. The summed E-state index contributed by atoms with van der Waals surface area (Å²) in [5.41, 5.74) is 5.37. The lowest BCUT2D eigenvalue weighted by Gasteiger charge is -2.37. The van der Waals surface area contributed by atoms with Crippen molar-refractivity contribution in [2.24, 2.45) is 11.1 Å². The molecular weight excluding hydrogens is 554 g/mol. The summed E-state index contributed by atoms with van der Waals surface area (Å²) < 4.78 is 15.9. The van der Waals surface area contributed by atoms with E-state index in [1.165, 1.54) is 24.3 Å². The normalized spacial score (nSPS) is 23.6. The van der Waals surface area contributed by atoms with Crippen LogP contribution in [0.4, 0.5) is 15.8 Å².